The van der Waals surface area contributed by atoms with Gasteiger partial charge in [-0.1, -0.05) is 19.1 Å². The van der Waals surface area contributed by atoms with E-state index in [1.54, 1.807) is 0 Å². The van der Waals surface area contributed by atoms with Gasteiger partial charge in [-0.25, -0.2) is 0 Å². The van der Waals surface area contributed by atoms with Gasteiger partial charge in [-0.05, 0) is 50.6 Å². The van der Waals surface area contributed by atoms with Gasteiger partial charge in [-0.15, -0.1) is 0 Å². The molecule has 2 aliphatic heterocycles. The molecule has 0 unspecified atom stereocenters. The van der Waals surface area contributed by atoms with Gasteiger partial charge in [0.05, 0.1) is 0 Å². The van der Waals surface area contributed by atoms with Gasteiger partial charge in [-0.3, -0.25) is 9.59 Å². The molecule has 0 amide bonds. The zero-order valence-electron chi connectivity index (χ0n) is 19.1. The van der Waals surface area contributed by atoms with Crippen molar-refractivity contribution in [3.63, 3.8) is 0 Å². The quantitative estimate of drug-likeness (QED) is 0.307. The Morgan fingerprint density at radius 1 is 1.25 bits per heavy atom. The predicted octanol–water partition coefficient (Wildman–Crippen LogP) is 2.97. The lowest BCUT2D eigenvalue weighted by atomic mass is 9.53. The van der Waals surface area contributed by atoms with Gasteiger partial charge in [0.2, 0.25) is 0 Å². The lowest BCUT2D eigenvalue weighted by molar-refractivity contribution is -0.152. The van der Waals surface area contributed by atoms with Crippen LogP contribution >= 0.6 is 0 Å². The van der Waals surface area contributed by atoms with Crippen LogP contribution in [0.15, 0.2) is 24.3 Å². The van der Waals surface area contributed by atoms with E-state index in [4.69, 9.17) is 14.2 Å². The predicted molar refractivity (Wildman–Crippen MR) is 118 cm³/mol. The highest BCUT2D eigenvalue weighted by atomic mass is 16.6. The number of likely N-dealkylation sites (tertiary alicyclic amines) is 1. The number of ether oxygens (including phenoxy) is 3. The number of esters is 2. The van der Waals surface area contributed by atoms with Crippen LogP contribution in [-0.4, -0.2) is 55.0 Å². The molecule has 4 aliphatic rings. The first-order chi connectivity index (χ1) is 15.3. The number of aldehydes is 1. The van der Waals surface area contributed by atoms with Crippen molar-refractivity contribution < 1.29 is 28.6 Å². The molecule has 2 heterocycles. The minimum Gasteiger partial charge on any atom is -0.481 e. The number of carbonyl (C=O) groups is 3. The SMILES string of the molecule is CC(=O)Oc1ccc2c3c1O[C@H]1[C@@H](OC(C)=O)C=C[C@H]4[C@@H](C2)N(C)CC[C@@]341.CCCC=O. The molecule has 1 spiro atoms. The third-order valence-electron chi connectivity index (χ3n) is 7.08. The van der Waals surface area contributed by atoms with Crippen molar-refractivity contribution >= 4 is 18.2 Å². The van der Waals surface area contributed by atoms with Gasteiger partial charge in [0.25, 0.3) is 0 Å². The van der Waals surface area contributed by atoms with E-state index in [9.17, 15) is 14.4 Å². The van der Waals surface area contributed by atoms with Crippen LogP contribution in [0.2, 0.25) is 0 Å². The zero-order valence-corrected chi connectivity index (χ0v) is 19.1. The second-order valence-electron chi connectivity index (χ2n) is 9.04. The number of carbonyl (C=O) groups excluding carboxylic acids is 3. The molecule has 7 heteroatoms. The van der Waals surface area contributed by atoms with Crippen molar-refractivity contribution in [1.29, 1.82) is 0 Å². The molecule has 2 aliphatic carbocycles. The number of hydrogen-bond donors (Lipinski definition) is 0. The van der Waals surface area contributed by atoms with E-state index in [2.05, 4.69) is 24.1 Å². The van der Waals surface area contributed by atoms with Crippen molar-refractivity contribution in [2.45, 2.75) is 70.1 Å². The molecule has 0 aromatic heterocycles. The van der Waals surface area contributed by atoms with Crippen molar-refractivity contribution in [2.75, 3.05) is 13.6 Å². The van der Waals surface area contributed by atoms with Crippen molar-refractivity contribution in [3.05, 3.63) is 35.4 Å². The molecule has 5 atom stereocenters. The Balaban J connectivity index is 0.000000444. The van der Waals surface area contributed by atoms with Crippen LogP contribution in [0.3, 0.4) is 0 Å². The molecule has 7 nitrogen and oxygen atoms in total. The summed E-state index contributed by atoms with van der Waals surface area (Å²) in [5.74, 6) is 0.712. The minimum absolute atomic E-state index is 0.245. The fraction of sp³-hybridized carbons (Fsp3) is 0.560. The maximum Gasteiger partial charge on any atom is 0.308 e. The fourth-order valence-corrected chi connectivity index (χ4v) is 5.86. The van der Waals surface area contributed by atoms with E-state index >= 15 is 0 Å². The summed E-state index contributed by atoms with van der Waals surface area (Å²) < 4.78 is 17.5. The van der Waals surface area contributed by atoms with Crippen LogP contribution in [0.1, 0.15) is 51.2 Å². The average molecular weight is 442 g/mol. The number of nitrogens with zero attached hydrogens (tertiary/aromatic N) is 1. The van der Waals surface area contributed by atoms with Gasteiger partial charge < -0.3 is 23.9 Å². The van der Waals surface area contributed by atoms with E-state index in [1.165, 1.54) is 19.4 Å². The summed E-state index contributed by atoms with van der Waals surface area (Å²) in [6.07, 6.45) is 7.92. The summed E-state index contributed by atoms with van der Waals surface area (Å²) in [7, 11) is 2.17. The molecule has 1 aromatic rings. The number of benzene rings is 1. The first-order valence-electron chi connectivity index (χ1n) is 11.3. The van der Waals surface area contributed by atoms with Crippen LogP contribution in [0.4, 0.5) is 0 Å². The number of unbranched alkanes of at least 4 members (excludes halogenated alkanes) is 1. The number of rotatable bonds is 4. The maximum absolute atomic E-state index is 11.7. The first-order valence-corrected chi connectivity index (χ1v) is 11.3. The molecule has 1 fully saturated rings. The molecule has 1 aromatic carbocycles. The maximum atomic E-state index is 11.7. The van der Waals surface area contributed by atoms with Gasteiger partial charge in [0.1, 0.15) is 12.4 Å². The van der Waals surface area contributed by atoms with Crippen molar-refractivity contribution in [1.82, 2.24) is 4.90 Å². The zero-order chi connectivity index (χ0) is 23.0. The molecular formula is C25H31NO6. The normalized spacial score (nSPS) is 30.9. The van der Waals surface area contributed by atoms with E-state index < -0.39 is 6.10 Å². The second kappa shape index (κ2) is 8.70. The highest BCUT2D eigenvalue weighted by Gasteiger charge is 2.65. The first kappa shape index (κ1) is 22.5. The van der Waals surface area contributed by atoms with E-state index in [0.29, 0.717) is 24.0 Å². The number of hydrogen-bond acceptors (Lipinski definition) is 7. The Hall–Kier alpha value is -2.67. The van der Waals surface area contributed by atoms with Crippen LogP contribution in [-0.2, 0) is 31.0 Å². The van der Waals surface area contributed by atoms with E-state index in [-0.39, 0.29) is 29.4 Å². The van der Waals surface area contributed by atoms with Crippen LogP contribution in [0.25, 0.3) is 0 Å². The average Bonchev–Trinajstić information content (AvgIpc) is 3.09. The lowest BCUT2D eigenvalue weighted by Gasteiger charge is -2.56. The smallest absolute Gasteiger partial charge is 0.308 e. The second-order valence-corrected chi connectivity index (χ2v) is 9.04. The number of piperidine rings is 1. The third kappa shape index (κ3) is 3.52. The molecule has 172 valence electrons. The largest absolute Gasteiger partial charge is 0.481 e. The summed E-state index contributed by atoms with van der Waals surface area (Å²) in [6.45, 7) is 5.75. The molecule has 0 saturated carbocycles. The van der Waals surface area contributed by atoms with Gasteiger partial charge in [0.15, 0.2) is 17.6 Å². The topological polar surface area (TPSA) is 82.1 Å². The standard InChI is InChI=1S/C21H23NO5.C4H8O/c1-11(23)25-16-6-4-13-10-15-14-5-7-17(26-12(2)24)20-21(14,8-9-22(15)3)18(13)19(16)27-20;1-2-3-4-5/h4-7,14-15,17,20H,8-10H2,1-3H3;4H,2-3H2,1H3/t14-,15+,17-,20-,21-;/m0./s1. The van der Waals surface area contributed by atoms with Crippen LogP contribution < -0.4 is 9.47 Å². The van der Waals surface area contributed by atoms with Gasteiger partial charge in [0, 0.05) is 43.2 Å². The molecule has 0 N–H and O–H groups in total. The monoisotopic (exact) mass is 441 g/mol. The molecule has 32 heavy (non-hydrogen) atoms. The Morgan fingerprint density at radius 2 is 2.03 bits per heavy atom. The number of likely N-dealkylation sites (N-methyl/N-ethyl adjacent to an activating group) is 1. The summed E-state index contributed by atoms with van der Waals surface area (Å²) in [5.41, 5.74) is 2.15. The van der Waals surface area contributed by atoms with Gasteiger partial charge >= 0.3 is 11.9 Å². The van der Waals surface area contributed by atoms with Gasteiger partial charge in [-0.2, -0.15) is 0 Å². The lowest BCUT2D eigenvalue weighted by Crippen LogP contribution is -2.65. The summed E-state index contributed by atoms with van der Waals surface area (Å²) >= 11 is 0. The Bertz CT molecular complexity index is 956. The molecular weight excluding hydrogens is 410 g/mol. The highest BCUT2D eigenvalue weighted by Crippen LogP contribution is 2.62. The molecule has 2 bridgehead atoms. The Morgan fingerprint density at radius 3 is 2.66 bits per heavy atom. The third-order valence-corrected chi connectivity index (χ3v) is 7.08. The molecule has 1 saturated heterocycles. The molecule has 5 rings (SSSR count). The van der Waals surface area contributed by atoms with Crippen molar-refractivity contribution in [3.8, 4) is 11.5 Å². The van der Waals surface area contributed by atoms with E-state index in [1.807, 2.05) is 19.1 Å². The van der Waals surface area contributed by atoms with Crippen LogP contribution in [0.5, 0.6) is 11.5 Å². The summed E-state index contributed by atoms with van der Waals surface area (Å²) in [4.78, 5) is 35.1. The summed E-state index contributed by atoms with van der Waals surface area (Å²) in [6, 6.07) is 4.28. The minimum atomic E-state index is -0.439. The highest BCUT2D eigenvalue weighted by molar-refractivity contribution is 5.73. The van der Waals surface area contributed by atoms with E-state index in [0.717, 1.165) is 37.7 Å². The fourth-order valence-electron chi connectivity index (χ4n) is 5.86. The Kier molecular flexibility index (Phi) is 6.12. The van der Waals surface area contributed by atoms with Crippen molar-refractivity contribution in [2.24, 2.45) is 5.92 Å². The molecule has 0 radical (unpaired) electrons. The van der Waals surface area contributed by atoms with Crippen LogP contribution in [0, 0.1) is 5.92 Å². The Labute approximate surface area is 188 Å². The summed E-state index contributed by atoms with van der Waals surface area (Å²) in [5, 5.41) is 0.